The van der Waals surface area contributed by atoms with E-state index in [1.165, 1.54) is 12.1 Å². The van der Waals surface area contributed by atoms with Gasteiger partial charge in [0.1, 0.15) is 22.7 Å². The second-order valence-corrected chi connectivity index (χ2v) is 8.50. The van der Waals surface area contributed by atoms with Gasteiger partial charge < -0.3 is 30.0 Å². The van der Waals surface area contributed by atoms with Crippen LogP contribution in [0.5, 0.6) is 0 Å². The molecule has 0 aliphatic carbocycles. The molecule has 3 aromatic rings. The van der Waals surface area contributed by atoms with E-state index in [-0.39, 0.29) is 17.6 Å². The van der Waals surface area contributed by atoms with Crippen LogP contribution in [0.1, 0.15) is 23.0 Å². The van der Waals surface area contributed by atoms with Crippen LogP contribution in [0.25, 0.3) is 11.3 Å². The third-order valence-corrected chi connectivity index (χ3v) is 6.25. The minimum absolute atomic E-state index is 0.0237. The predicted octanol–water partition coefficient (Wildman–Crippen LogP) is 3.82. The number of halogens is 2. The van der Waals surface area contributed by atoms with E-state index in [9.17, 15) is 15.2 Å². The Balaban J connectivity index is 1.56. The fourth-order valence-corrected chi connectivity index (χ4v) is 4.50. The molecule has 1 aromatic heterocycles. The zero-order valence-electron chi connectivity index (χ0n) is 17.5. The zero-order valence-corrected chi connectivity index (χ0v) is 19.0. The molecule has 1 saturated heterocycles. The lowest BCUT2D eigenvalue weighted by atomic mass is 10.0. The van der Waals surface area contributed by atoms with Crippen molar-refractivity contribution in [1.29, 1.82) is 0 Å². The first-order valence-electron chi connectivity index (χ1n) is 10.1. The molecule has 1 atom stereocenters. The molecule has 8 nitrogen and oxygen atoms in total. The summed E-state index contributed by atoms with van der Waals surface area (Å²) in [5.41, 5.74) is 2.20. The van der Waals surface area contributed by atoms with Crippen LogP contribution in [0.4, 0.5) is 11.4 Å². The van der Waals surface area contributed by atoms with Gasteiger partial charge in [-0.05, 0) is 26.0 Å². The lowest BCUT2D eigenvalue weighted by molar-refractivity contribution is -0.715. The third-order valence-electron chi connectivity index (χ3n) is 5.62. The number of rotatable bonds is 4. The van der Waals surface area contributed by atoms with Crippen molar-refractivity contribution in [1.82, 2.24) is 10.1 Å². The van der Waals surface area contributed by atoms with E-state index >= 15 is 0 Å². The van der Waals surface area contributed by atoms with Gasteiger partial charge in [-0.1, -0.05) is 46.6 Å². The van der Waals surface area contributed by atoms with Gasteiger partial charge >= 0.3 is 0 Å². The molecule has 1 aliphatic heterocycles. The Labute approximate surface area is 195 Å². The Bertz CT molecular complexity index is 1150. The smallest absolute Gasteiger partial charge is 0.260 e. The van der Waals surface area contributed by atoms with Crippen molar-refractivity contribution in [2.75, 3.05) is 24.5 Å². The number of nitrogens with zero attached hydrogens (tertiary/aromatic N) is 3. The van der Waals surface area contributed by atoms with Gasteiger partial charge in [-0.25, -0.2) is 0 Å². The normalized spacial score (nSPS) is 16.7. The summed E-state index contributed by atoms with van der Waals surface area (Å²) in [6.07, 6.45) is 0. The number of hydrogen-bond acceptors (Lipinski definition) is 6. The van der Waals surface area contributed by atoms with E-state index in [1.807, 2.05) is 24.0 Å². The Hall–Kier alpha value is -2.62. The van der Waals surface area contributed by atoms with Crippen LogP contribution in [0.2, 0.25) is 10.0 Å². The molecule has 1 unspecified atom stereocenters. The molecule has 0 bridgehead atoms. The summed E-state index contributed by atoms with van der Waals surface area (Å²) in [6.45, 7) is 5.17. The molecule has 1 N–H and O–H groups in total. The Morgan fingerprint density at radius 1 is 1.16 bits per heavy atom. The number of carbonyl (C=O) groups excluding carboxylic acids is 1. The van der Waals surface area contributed by atoms with E-state index in [0.717, 1.165) is 0 Å². The van der Waals surface area contributed by atoms with Gasteiger partial charge in [0.2, 0.25) is 0 Å². The van der Waals surface area contributed by atoms with Crippen molar-refractivity contribution in [3.05, 3.63) is 74.2 Å². The molecule has 0 radical (unpaired) electrons. The molecule has 1 fully saturated rings. The van der Waals surface area contributed by atoms with E-state index in [2.05, 4.69) is 5.16 Å². The summed E-state index contributed by atoms with van der Waals surface area (Å²) >= 11 is 12.6. The second-order valence-electron chi connectivity index (χ2n) is 7.69. The van der Waals surface area contributed by atoms with Crippen LogP contribution in [0.15, 0.2) is 47.0 Å². The summed E-state index contributed by atoms with van der Waals surface area (Å²) in [5, 5.41) is 25.7. The summed E-state index contributed by atoms with van der Waals surface area (Å²) in [6, 6.07) is 11.6. The zero-order chi connectivity index (χ0) is 23.0. The predicted molar refractivity (Wildman–Crippen MR) is 123 cm³/mol. The first-order chi connectivity index (χ1) is 15.3. The fourth-order valence-electron chi connectivity index (χ4n) is 3.97. The molecule has 2 heterocycles. The quantitative estimate of drug-likeness (QED) is 0.575. The number of aromatic nitrogens is 1. The molecule has 168 valence electrons. The first-order valence-corrected chi connectivity index (χ1v) is 10.8. The Kier molecular flexibility index (Phi) is 6.41. The second kappa shape index (κ2) is 9.09. The number of anilines is 1. The number of piperazine rings is 1. The number of quaternary nitrogens is 1. The average molecular weight is 476 g/mol. The van der Waals surface area contributed by atoms with Crippen molar-refractivity contribution in [2.45, 2.75) is 19.9 Å². The molecule has 10 heteroatoms. The summed E-state index contributed by atoms with van der Waals surface area (Å²) in [7, 11) is 0. The molecule has 0 spiro atoms. The Morgan fingerprint density at radius 2 is 1.91 bits per heavy atom. The van der Waals surface area contributed by atoms with Gasteiger partial charge in [-0.15, -0.1) is 0 Å². The molecule has 1 aliphatic rings. The van der Waals surface area contributed by atoms with Crippen LogP contribution in [0.3, 0.4) is 0 Å². The van der Waals surface area contributed by atoms with Crippen molar-refractivity contribution in [3.63, 3.8) is 0 Å². The first kappa shape index (κ1) is 22.6. The largest absolute Gasteiger partial charge is 0.628 e. The summed E-state index contributed by atoms with van der Waals surface area (Å²) < 4.78 is 5.35. The van der Waals surface area contributed by atoms with Crippen molar-refractivity contribution in [3.8, 4) is 11.3 Å². The number of aryl methyl sites for hydroxylation is 1. The standard InChI is InChI=1S/C22H21Cl2N4O4/c1-13-12-26(19-8-7-15(28(30)31)11-18(19)24)9-10-27(13)22(29)20-14(2)32-25-21(20)16-5-3-4-6-17(16)23/h3-8,11,13,28H,9-10,12H2,1-2H3/q-1. The van der Waals surface area contributed by atoms with Crippen LogP contribution >= 0.6 is 23.2 Å². The molecule has 32 heavy (non-hydrogen) atoms. The van der Waals surface area contributed by atoms with Gasteiger partial charge in [0.15, 0.2) is 0 Å². The highest BCUT2D eigenvalue weighted by Crippen LogP contribution is 2.33. The van der Waals surface area contributed by atoms with Crippen LogP contribution in [0, 0.1) is 17.3 Å². The maximum atomic E-state index is 13.5. The molecule has 0 saturated carbocycles. The third kappa shape index (κ3) is 4.20. The van der Waals surface area contributed by atoms with Gasteiger partial charge in [-0.3, -0.25) is 4.79 Å². The topological polar surface area (TPSA) is 100 Å². The highest BCUT2D eigenvalue weighted by atomic mass is 35.5. The molecular weight excluding hydrogens is 455 g/mol. The van der Waals surface area contributed by atoms with Crippen LogP contribution in [-0.2, 0) is 0 Å². The van der Waals surface area contributed by atoms with Crippen molar-refractivity contribution in [2.24, 2.45) is 0 Å². The number of nitrogens with one attached hydrogen (secondary N) is 1. The van der Waals surface area contributed by atoms with Crippen molar-refractivity contribution >= 4 is 40.5 Å². The minimum Gasteiger partial charge on any atom is -0.628 e. The number of carbonyl (C=O) groups is 1. The number of hydrogen-bond donors (Lipinski definition) is 1. The summed E-state index contributed by atoms with van der Waals surface area (Å²) in [4.78, 5) is 17.3. The van der Waals surface area contributed by atoms with E-state index in [1.54, 1.807) is 30.0 Å². The van der Waals surface area contributed by atoms with Gasteiger partial charge in [0, 0.05) is 43.4 Å². The van der Waals surface area contributed by atoms with Crippen LogP contribution in [-0.4, -0.2) is 41.6 Å². The number of benzene rings is 2. The maximum absolute atomic E-state index is 13.5. The maximum Gasteiger partial charge on any atom is 0.260 e. The molecule has 1 amide bonds. The highest BCUT2D eigenvalue weighted by molar-refractivity contribution is 6.33. The molecule has 2 aromatic carbocycles. The number of amides is 1. The van der Waals surface area contributed by atoms with E-state index in [4.69, 9.17) is 27.7 Å². The van der Waals surface area contributed by atoms with Gasteiger partial charge in [-0.2, -0.15) is 0 Å². The monoisotopic (exact) mass is 475 g/mol. The van der Waals surface area contributed by atoms with E-state index in [0.29, 0.717) is 57.9 Å². The van der Waals surface area contributed by atoms with Gasteiger partial charge in [0.25, 0.3) is 5.91 Å². The van der Waals surface area contributed by atoms with E-state index < -0.39 is 5.23 Å². The lowest BCUT2D eigenvalue weighted by Gasteiger charge is -2.41. The molecular formula is C22H21Cl2N4O4-. The summed E-state index contributed by atoms with van der Waals surface area (Å²) in [5.74, 6) is 0.254. The average Bonchev–Trinajstić information content (AvgIpc) is 3.14. The fraction of sp³-hybridized carbons (Fsp3) is 0.273. The van der Waals surface area contributed by atoms with Crippen molar-refractivity contribution < 1.29 is 14.5 Å². The van der Waals surface area contributed by atoms with Gasteiger partial charge in [0.05, 0.1) is 15.7 Å². The minimum atomic E-state index is -1.28. The lowest BCUT2D eigenvalue weighted by Crippen LogP contribution is -2.96. The SMILES string of the molecule is Cc1onc(-c2ccccc2Cl)c1C(=O)N1CCN(c2ccc([NH+]([O-])[O-])cc2Cl)CC1C. The molecule has 4 rings (SSSR count). The Morgan fingerprint density at radius 3 is 2.56 bits per heavy atom. The van der Waals surface area contributed by atoms with Crippen LogP contribution < -0.4 is 10.1 Å². The highest BCUT2D eigenvalue weighted by Gasteiger charge is 2.33.